The van der Waals surface area contributed by atoms with Gasteiger partial charge in [-0.05, 0) is 24.3 Å². The molecule has 0 bridgehead atoms. The summed E-state index contributed by atoms with van der Waals surface area (Å²) in [5, 5.41) is 9.96. The summed E-state index contributed by atoms with van der Waals surface area (Å²) in [6, 6.07) is 6.38. The van der Waals surface area contributed by atoms with Crippen LogP contribution in [0.4, 0.5) is 4.39 Å². The number of benzene rings is 2. The number of phenolic OH excluding ortho intramolecular Hbond substituents is 1. The summed E-state index contributed by atoms with van der Waals surface area (Å²) >= 11 is 3.03. The first-order valence-corrected chi connectivity index (χ1v) is 6.53. The second-order valence-corrected chi connectivity index (χ2v) is 5.15. The van der Waals surface area contributed by atoms with Gasteiger partial charge in [0.1, 0.15) is 11.6 Å². The minimum absolute atomic E-state index is 0.108. The summed E-state index contributed by atoms with van der Waals surface area (Å²) in [5.74, 6) is -3.00. The van der Waals surface area contributed by atoms with Gasteiger partial charge in [-0.15, -0.1) is 0 Å². The van der Waals surface area contributed by atoms with Crippen LogP contribution in [0.15, 0.2) is 34.8 Å². The number of carbonyl (C=O) groups excluding carboxylic acids is 2. The maximum Gasteiger partial charge on any atom is 0.249 e. The zero-order valence-electron chi connectivity index (χ0n) is 10.6. The van der Waals surface area contributed by atoms with Crippen LogP contribution in [-0.4, -0.2) is 16.9 Å². The van der Waals surface area contributed by atoms with E-state index in [1.165, 1.54) is 24.3 Å². The van der Waals surface area contributed by atoms with Crippen LogP contribution >= 0.6 is 15.9 Å². The molecule has 21 heavy (non-hydrogen) atoms. The van der Waals surface area contributed by atoms with Crippen molar-refractivity contribution in [2.24, 2.45) is 11.5 Å². The second kappa shape index (κ2) is 5.53. The average Bonchev–Trinajstić information content (AvgIpc) is 2.37. The zero-order chi connectivity index (χ0) is 15.7. The number of rotatable bonds is 3. The zero-order valence-corrected chi connectivity index (χ0v) is 12.1. The van der Waals surface area contributed by atoms with E-state index in [1.807, 2.05) is 0 Å². The quantitative estimate of drug-likeness (QED) is 0.787. The Kier molecular flexibility index (Phi) is 3.95. The van der Waals surface area contributed by atoms with Crippen LogP contribution in [0.25, 0.3) is 11.1 Å². The first kappa shape index (κ1) is 15.0. The van der Waals surface area contributed by atoms with Crippen molar-refractivity contribution in [2.45, 2.75) is 0 Å². The van der Waals surface area contributed by atoms with Crippen LogP contribution in [0.1, 0.15) is 20.7 Å². The fourth-order valence-electron chi connectivity index (χ4n) is 2.04. The Balaban J connectivity index is 2.91. The van der Waals surface area contributed by atoms with Crippen LogP contribution in [0.5, 0.6) is 5.75 Å². The van der Waals surface area contributed by atoms with E-state index in [9.17, 15) is 19.1 Å². The standard InChI is InChI=1S/C14H10BrFN2O3/c15-6-4-9(16)12(10(19)5-6)11-7(13(17)20)2-1-3-8(11)14(18)21/h1-5,19H,(H2,17,20)(H2,18,21). The molecule has 0 spiro atoms. The molecular formula is C14H10BrFN2O3. The molecule has 0 saturated heterocycles. The number of aromatic hydroxyl groups is 1. The monoisotopic (exact) mass is 352 g/mol. The van der Waals surface area contributed by atoms with Gasteiger partial charge >= 0.3 is 0 Å². The molecule has 2 aromatic rings. The Morgan fingerprint density at radius 2 is 1.57 bits per heavy atom. The molecule has 0 fully saturated rings. The van der Waals surface area contributed by atoms with E-state index in [0.29, 0.717) is 4.47 Å². The SMILES string of the molecule is NC(=O)c1cccc(C(N)=O)c1-c1c(O)cc(Br)cc1F. The molecule has 0 aliphatic rings. The fourth-order valence-corrected chi connectivity index (χ4v) is 2.46. The van der Waals surface area contributed by atoms with Crippen molar-refractivity contribution in [1.29, 1.82) is 0 Å². The molecule has 2 aromatic carbocycles. The number of hydrogen-bond acceptors (Lipinski definition) is 3. The summed E-state index contributed by atoms with van der Waals surface area (Å²) in [5.41, 5.74) is 9.85. The molecule has 0 atom stereocenters. The van der Waals surface area contributed by atoms with Gasteiger partial charge in [-0.3, -0.25) is 9.59 Å². The molecule has 0 aliphatic heterocycles. The number of amides is 2. The molecule has 108 valence electrons. The van der Waals surface area contributed by atoms with Gasteiger partial charge < -0.3 is 16.6 Å². The van der Waals surface area contributed by atoms with Crippen LogP contribution in [-0.2, 0) is 0 Å². The molecule has 5 N–H and O–H groups in total. The molecule has 2 amide bonds. The highest BCUT2D eigenvalue weighted by atomic mass is 79.9. The molecule has 0 aliphatic carbocycles. The Hall–Kier alpha value is -2.41. The smallest absolute Gasteiger partial charge is 0.249 e. The lowest BCUT2D eigenvalue weighted by Crippen LogP contribution is -2.18. The van der Waals surface area contributed by atoms with Gasteiger partial charge in [-0.1, -0.05) is 22.0 Å². The molecular weight excluding hydrogens is 343 g/mol. The Morgan fingerprint density at radius 1 is 1.05 bits per heavy atom. The fraction of sp³-hybridized carbons (Fsp3) is 0. The van der Waals surface area contributed by atoms with Gasteiger partial charge in [0.05, 0.1) is 5.56 Å². The number of halogens is 2. The molecule has 0 unspecified atom stereocenters. The van der Waals surface area contributed by atoms with Gasteiger partial charge in [0.2, 0.25) is 11.8 Å². The highest BCUT2D eigenvalue weighted by Crippen LogP contribution is 2.38. The number of primary amides is 2. The summed E-state index contributed by atoms with van der Waals surface area (Å²) in [7, 11) is 0. The third kappa shape index (κ3) is 2.73. The highest BCUT2D eigenvalue weighted by molar-refractivity contribution is 9.10. The van der Waals surface area contributed by atoms with Crippen molar-refractivity contribution in [1.82, 2.24) is 0 Å². The van der Waals surface area contributed by atoms with Crippen molar-refractivity contribution in [2.75, 3.05) is 0 Å². The van der Waals surface area contributed by atoms with Crippen LogP contribution in [0, 0.1) is 5.82 Å². The van der Waals surface area contributed by atoms with Gasteiger partial charge in [0.25, 0.3) is 0 Å². The van der Waals surface area contributed by atoms with Crippen molar-refractivity contribution in [3.63, 3.8) is 0 Å². The lowest BCUT2D eigenvalue weighted by Gasteiger charge is -2.14. The van der Waals surface area contributed by atoms with E-state index in [0.717, 1.165) is 6.07 Å². The van der Waals surface area contributed by atoms with E-state index >= 15 is 0 Å². The average molecular weight is 353 g/mol. The van der Waals surface area contributed by atoms with Crippen molar-refractivity contribution < 1.29 is 19.1 Å². The van der Waals surface area contributed by atoms with Crippen molar-refractivity contribution >= 4 is 27.7 Å². The molecule has 0 heterocycles. The van der Waals surface area contributed by atoms with E-state index in [1.54, 1.807) is 0 Å². The summed E-state index contributed by atoms with van der Waals surface area (Å²) < 4.78 is 14.5. The minimum atomic E-state index is -0.866. The summed E-state index contributed by atoms with van der Waals surface area (Å²) in [6.07, 6.45) is 0. The second-order valence-electron chi connectivity index (χ2n) is 4.24. The Labute approximate surface area is 127 Å². The minimum Gasteiger partial charge on any atom is -0.507 e. The van der Waals surface area contributed by atoms with Crippen molar-refractivity contribution in [3.05, 3.63) is 51.7 Å². The third-order valence-electron chi connectivity index (χ3n) is 2.88. The van der Waals surface area contributed by atoms with Crippen LogP contribution < -0.4 is 11.5 Å². The Morgan fingerprint density at radius 3 is 2.00 bits per heavy atom. The van der Waals surface area contributed by atoms with Gasteiger partial charge in [0, 0.05) is 21.2 Å². The molecule has 0 saturated carbocycles. The predicted octanol–water partition coefficient (Wildman–Crippen LogP) is 2.16. The number of hydrogen-bond donors (Lipinski definition) is 3. The highest BCUT2D eigenvalue weighted by Gasteiger charge is 2.23. The first-order chi connectivity index (χ1) is 9.82. The number of nitrogens with two attached hydrogens (primary N) is 2. The first-order valence-electron chi connectivity index (χ1n) is 5.74. The van der Waals surface area contributed by atoms with Gasteiger partial charge in [0.15, 0.2) is 0 Å². The molecule has 7 heteroatoms. The molecule has 0 radical (unpaired) electrons. The normalized spacial score (nSPS) is 10.4. The summed E-state index contributed by atoms with van der Waals surface area (Å²) in [6.45, 7) is 0. The van der Waals surface area contributed by atoms with Crippen LogP contribution in [0.3, 0.4) is 0 Å². The van der Waals surface area contributed by atoms with E-state index < -0.39 is 23.4 Å². The lowest BCUT2D eigenvalue weighted by molar-refractivity contribution is 0.0999. The van der Waals surface area contributed by atoms with E-state index in [2.05, 4.69) is 15.9 Å². The van der Waals surface area contributed by atoms with Crippen LogP contribution in [0.2, 0.25) is 0 Å². The largest absolute Gasteiger partial charge is 0.507 e. The number of phenols is 1. The molecule has 2 rings (SSSR count). The predicted molar refractivity (Wildman–Crippen MR) is 78.2 cm³/mol. The van der Waals surface area contributed by atoms with Crippen molar-refractivity contribution in [3.8, 4) is 16.9 Å². The van der Waals surface area contributed by atoms with E-state index in [-0.39, 0.29) is 22.3 Å². The Bertz CT molecular complexity index is 707. The number of carbonyl (C=O) groups is 2. The van der Waals surface area contributed by atoms with Gasteiger partial charge in [-0.2, -0.15) is 0 Å². The topological polar surface area (TPSA) is 106 Å². The van der Waals surface area contributed by atoms with E-state index in [4.69, 9.17) is 11.5 Å². The maximum atomic E-state index is 14.2. The maximum absolute atomic E-state index is 14.2. The summed E-state index contributed by atoms with van der Waals surface area (Å²) in [4.78, 5) is 23.0. The molecule has 0 aromatic heterocycles. The lowest BCUT2D eigenvalue weighted by atomic mass is 9.92. The molecule has 5 nitrogen and oxygen atoms in total. The third-order valence-corrected chi connectivity index (χ3v) is 3.34. The van der Waals surface area contributed by atoms with Gasteiger partial charge in [-0.25, -0.2) is 4.39 Å².